The summed E-state index contributed by atoms with van der Waals surface area (Å²) in [5, 5.41) is 0. The zero-order chi connectivity index (χ0) is 13.1. The van der Waals surface area contributed by atoms with Gasteiger partial charge < -0.3 is 23.7 Å². The zero-order valence-corrected chi connectivity index (χ0v) is 11.0. The van der Waals surface area contributed by atoms with Crippen LogP contribution in [0.3, 0.4) is 0 Å². The van der Waals surface area contributed by atoms with Gasteiger partial charge in [-0.3, -0.25) is 0 Å². The lowest BCUT2D eigenvalue weighted by atomic mass is 10.1. The molecule has 3 saturated heterocycles. The molecule has 3 fully saturated rings. The minimum Gasteiger partial charge on any atom is -0.455 e. The van der Waals surface area contributed by atoms with Crippen LogP contribution in [0.4, 0.5) is 0 Å². The van der Waals surface area contributed by atoms with Gasteiger partial charge in [-0.25, -0.2) is 4.79 Å². The summed E-state index contributed by atoms with van der Waals surface area (Å²) in [7, 11) is 0. The van der Waals surface area contributed by atoms with E-state index in [1.54, 1.807) is 13.8 Å². The van der Waals surface area contributed by atoms with E-state index in [9.17, 15) is 4.79 Å². The highest BCUT2D eigenvalue weighted by Crippen LogP contribution is 2.39. The third-order valence-corrected chi connectivity index (χ3v) is 3.33. The Kier molecular flexibility index (Phi) is 2.51. The largest absolute Gasteiger partial charge is 0.455 e. The van der Waals surface area contributed by atoms with E-state index in [1.165, 1.54) is 0 Å². The molecule has 0 radical (unpaired) electrons. The van der Waals surface area contributed by atoms with Gasteiger partial charge in [0.25, 0.3) is 0 Å². The van der Waals surface area contributed by atoms with Gasteiger partial charge in [-0.05, 0) is 27.7 Å². The molecule has 6 nitrogen and oxygen atoms in total. The van der Waals surface area contributed by atoms with Crippen LogP contribution in [0.2, 0.25) is 0 Å². The Morgan fingerprint density at radius 3 is 2.33 bits per heavy atom. The lowest BCUT2D eigenvalue weighted by Gasteiger charge is -2.25. The molecule has 0 spiro atoms. The molecule has 3 heterocycles. The molecule has 102 valence electrons. The minimum absolute atomic E-state index is 0.309. The highest BCUT2D eigenvalue weighted by atomic mass is 16.8. The van der Waals surface area contributed by atoms with Crippen molar-refractivity contribution in [3.8, 4) is 0 Å². The second-order valence-corrected chi connectivity index (χ2v) is 5.79. The predicted molar refractivity (Wildman–Crippen MR) is 58.6 cm³/mol. The van der Waals surface area contributed by atoms with Crippen molar-refractivity contribution >= 4 is 5.97 Å². The van der Waals surface area contributed by atoms with Gasteiger partial charge in [-0.1, -0.05) is 0 Å². The van der Waals surface area contributed by atoms with Crippen molar-refractivity contribution in [2.24, 2.45) is 0 Å². The number of carbonyl (C=O) groups is 1. The van der Waals surface area contributed by atoms with Gasteiger partial charge in [-0.15, -0.1) is 0 Å². The Labute approximate surface area is 105 Å². The monoisotopic (exact) mass is 258 g/mol. The average molecular weight is 258 g/mol. The van der Waals surface area contributed by atoms with Crippen molar-refractivity contribution in [2.45, 2.75) is 63.7 Å². The summed E-state index contributed by atoms with van der Waals surface area (Å²) < 4.78 is 27.8. The quantitative estimate of drug-likeness (QED) is 0.641. The molecule has 3 aliphatic heterocycles. The Bertz CT molecular complexity index is 377. The highest BCUT2D eigenvalue weighted by Gasteiger charge is 2.59. The second-order valence-electron chi connectivity index (χ2n) is 5.79. The first kappa shape index (κ1) is 12.3. The Morgan fingerprint density at radius 1 is 1.00 bits per heavy atom. The number of ether oxygens (including phenoxy) is 5. The molecule has 0 aromatic carbocycles. The summed E-state index contributed by atoms with van der Waals surface area (Å²) in [5.74, 6) is -1.80. The van der Waals surface area contributed by atoms with Crippen LogP contribution in [0.1, 0.15) is 27.7 Å². The smallest absolute Gasteiger partial charge is 0.338 e. The highest BCUT2D eigenvalue weighted by molar-refractivity contribution is 5.78. The number of hydrogen-bond acceptors (Lipinski definition) is 6. The van der Waals surface area contributed by atoms with Crippen molar-refractivity contribution in [2.75, 3.05) is 6.61 Å². The Morgan fingerprint density at radius 2 is 1.72 bits per heavy atom. The van der Waals surface area contributed by atoms with Gasteiger partial charge in [0.15, 0.2) is 23.8 Å². The summed E-state index contributed by atoms with van der Waals surface area (Å²) in [5.41, 5.74) is 0. The third-order valence-electron chi connectivity index (χ3n) is 3.33. The molecule has 6 heteroatoms. The molecular formula is C12H18O6. The predicted octanol–water partition coefficient (Wildman–Crippen LogP) is 0.583. The summed E-state index contributed by atoms with van der Waals surface area (Å²) in [6, 6.07) is 0. The zero-order valence-electron chi connectivity index (χ0n) is 11.0. The standard InChI is InChI=1S/C12H18O6/c1-11(2)14-5-6(16-11)7-8-9(10(13)15-7)18-12(3,4)17-8/h6-9H,5H2,1-4H3/t6-,7+,8-,9+/m0/s1. The lowest BCUT2D eigenvalue weighted by Crippen LogP contribution is -2.40. The van der Waals surface area contributed by atoms with E-state index in [4.69, 9.17) is 23.7 Å². The third kappa shape index (κ3) is 1.93. The fourth-order valence-corrected chi connectivity index (χ4v) is 2.64. The fraction of sp³-hybridized carbons (Fsp3) is 0.917. The molecule has 0 aromatic rings. The SMILES string of the molecule is CC1(C)OC[C@@H]([C@H]2OC(=O)[C@@H]3OC(C)(C)O[C@@H]23)O1. The molecule has 0 amide bonds. The van der Waals surface area contributed by atoms with E-state index >= 15 is 0 Å². The maximum Gasteiger partial charge on any atom is 0.338 e. The van der Waals surface area contributed by atoms with Crippen molar-refractivity contribution in [3.63, 3.8) is 0 Å². The van der Waals surface area contributed by atoms with E-state index in [-0.39, 0.29) is 12.1 Å². The van der Waals surface area contributed by atoms with E-state index in [1.807, 2.05) is 13.8 Å². The van der Waals surface area contributed by atoms with Crippen LogP contribution in [0.15, 0.2) is 0 Å². The molecular weight excluding hydrogens is 240 g/mol. The van der Waals surface area contributed by atoms with E-state index in [2.05, 4.69) is 0 Å². The molecule has 3 rings (SSSR count). The molecule has 18 heavy (non-hydrogen) atoms. The van der Waals surface area contributed by atoms with Crippen molar-refractivity contribution in [1.82, 2.24) is 0 Å². The number of carbonyl (C=O) groups excluding carboxylic acids is 1. The van der Waals surface area contributed by atoms with Gasteiger partial charge >= 0.3 is 5.97 Å². The van der Waals surface area contributed by atoms with Crippen LogP contribution in [0.5, 0.6) is 0 Å². The molecule has 3 aliphatic rings. The first-order valence-electron chi connectivity index (χ1n) is 6.15. The summed E-state index contributed by atoms with van der Waals surface area (Å²) >= 11 is 0. The van der Waals surface area contributed by atoms with Crippen LogP contribution >= 0.6 is 0 Å². The number of esters is 1. The molecule has 4 atom stereocenters. The Balaban J connectivity index is 1.77. The summed E-state index contributed by atoms with van der Waals surface area (Å²) in [6.07, 6.45) is -1.85. The van der Waals surface area contributed by atoms with Crippen LogP contribution in [-0.2, 0) is 28.5 Å². The number of fused-ring (bicyclic) bond motifs is 1. The van der Waals surface area contributed by atoms with E-state index in [0.717, 1.165) is 0 Å². The molecule has 0 aromatic heterocycles. The van der Waals surface area contributed by atoms with Crippen LogP contribution in [0.25, 0.3) is 0 Å². The minimum atomic E-state index is -0.762. The first-order valence-corrected chi connectivity index (χ1v) is 6.15. The van der Waals surface area contributed by atoms with Crippen LogP contribution in [0, 0.1) is 0 Å². The van der Waals surface area contributed by atoms with E-state index < -0.39 is 29.9 Å². The molecule has 0 aliphatic carbocycles. The van der Waals surface area contributed by atoms with Gasteiger partial charge in [-0.2, -0.15) is 0 Å². The maximum atomic E-state index is 11.7. The lowest BCUT2D eigenvalue weighted by molar-refractivity contribution is -0.200. The number of cyclic esters (lactones) is 1. The van der Waals surface area contributed by atoms with E-state index in [0.29, 0.717) is 6.61 Å². The number of rotatable bonds is 1. The molecule has 0 N–H and O–H groups in total. The average Bonchev–Trinajstić information content (AvgIpc) is 2.81. The molecule has 0 unspecified atom stereocenters. The summed E-state index contributed by atoms with van der Waals surface area (Å²) in [6.45, 7) is 7.61. The topological polar surface area (TPSA) is 63.2 Å². The van der Waals surface area contributed by atoms with Gasteiger partial charge in [0.05, 0.1) is 6.61 Å². The normalized spacial score (nSPS) is 45.0. The van der Waals surface area contributed by atoms with Crippen LogP contribution in [-0.4, -0.2) is 48.6 Å². The van der Waals surface area contributed by atoms with Crippen molar-refractivity contribution in [3.05, 3.63) is 0 Å². The van der Waals surface area contributed by atoms with Crippen LogP contribution < -0.4 is 0 Å². The number of hydrogen-bond donors (Lipinski definition) is 0. The maximum absolute atomic E-state index is 11.7. The Hall–Kier alpha value is -0.690. The second kappa shape index (κ2) is 3.66. The summed E-state index contributed by atoms with van der Waals surface area (Å²) in [4.78, 5) is 11.7. The first-order chi connectivity index (χ1) is 8.27. The van der Waals surface area contributed by atoms with Gasteiger partial charge in [0.1, 0.15) is 12.2 Å². The van der Waals surface area contributed by atoms with Crippen molar-refractivity contribution in [1.29, 1.82) is 0 Å². The van der Waals surface area contributed by atoms with Gasteiger partial charge in [0, 0.05) is 0 Å². The fourth-order valence-electron chi connectivity index (χ4n) is 2.64. The molecule has 0 saturated carbocycles. The molecule has 0 bridgehead atoms. The van der Waals surface area contributed by atoms with Gasteiger partial charge in [0.2, 0.25) is 0 Å². The van der Waals surface area contributed by atoms with Crippen molar-refractivity contribution < 1.29 is 28.5 Å².